The van der Waals surface area contributed by atoms with E-state index < -0.39 is 0 Å². The first kappa shape index (κ1) is 16.4. The number of aromatic nitrogens is 5. The van der Waals surface area contributed by atoms with Gasteiger partial charge in [0, 0.05) is 26.5 Å². The van der Waals surface area contributed by atoms with Gasteiger partial charge in [-0.05, 0) is 18.6 Å². The molecular weight excluding hydrogens is 458 g/mol. The fourth-order valence-electron chi connectivity index (χ4n) is 2.06. The van der Waals surface area contributed by atoms with Crippen LogP contribution in [-0.2, 0) is 26.5 Å². The molecule has 0 fully saturated rings. The summed E-state index contributed by atoms with van der Waals surface area (Å²) in [5, 5.41) is 8.74. The van der Waals surface area contributed by atoms with E-state index in [4.69, 9.17) is 4.74 Å². The van der Waals surface area contributed by atoms with Crippen LogP contribution in [-0.4, -0.2) is 31.7 Å². The van der Waals surface area contributed by atoms with Gasteiger partial charge in [-0.3, -0.25) is 4.98 Å². The minimum absolute atomic E-state index is 0. The Labute approximate surface area is 142 Å². The van der Waals surface area contributed by atoms with Crippen molar-refractivity contribution >= 4 is 0 Å². The standard InChI is InChI=1S/C15H16N5O.Ir/c1-3-7-13-16-15(19-11-10-14(17-19)21-2)18-20(13)12-8-5-4-6-9-12;/h4-6,8-10H,3,7H2,1-2H3;/q-1;. The fourth-order valence-corrected chi connectivity index (χ4v) is 2.06. The number of aryl methyl sites for hydroxylation is 1. The van der Waals surface area contributed by atoms with E-state index in [9.17, 15) is 0 Å². The summed E-state index contributed by atoms with van der Waals surface area (Å²) in [5.74, 6) is 1.88. The maximum Gasteiger partial charge on any atom is 0.166 e. The molecule has 0 aliphatic carbocycles. The Balaban J connectivity index is 0.00000176. The molecular formula is C15H16IrN5O-. The van der Waals surface area contributed by atoms with Crippen LogP contribution in [0.1, 0.15) is 19.2 Å². The first-order valence-electron chi connectivity index (χ1n) is 6.85. The molecule has 22 heavy (non-hydrogen) atoms. The Morgan fingerprint density at radius 1 is 1.18 bits per heavy atom. The molecule has 1 aromatic carbocycles. The van der Waals surface area contributed by atoms with Crippen LogP contribution in [0.2, 0.25) is 0 Å². The van der Waals surface area contributed by atoms with Crippen molar-refractivity contribution in [2.75, 3.05) is 7.11 Å². The Morgan fingerprint density at radius 2 is 1.95 bits per heavy atom. The first-order valence-corrected chi connectivity index (χ1v) is 6.85. The van der Waals surface area contributed by atoms with Crippen LogP contribution in [0.5, 0.6) is 5.88 Å². The Bertz CT molecular complexity index is 723. The van der Waals surface area contributed by atoms with Gasteiger partial charge < -0.3 is 9.42 Å². The first-order chi connectivity index (χ1) is 10.3. The molecule has 6 nitrogen and oxygen atoms in total. The van der Waals surface area contributed by atoms with E-state index in [2.05, 4.69) is 28.3 Å². The van der Waals surface area contributed by atoms with Crippen LogP contribution in [0.25, 0.3) is 11.6 Å². The van der Waals surface area contributed by atoms with E-state index in [0.717, 1.165) is 24.4 Å². The van der Waals surface area contributed by atoms with Gasteiger partial charge in [0.25, 0.3) is 0 Å². The SMILES string of the molecule is CCCc1nc(-n2[c-]cc(OC)n2)nn1-c1ccccc1.[Ir]. The molecule has 7 heteroatoms. The number of ether oxygens (including phenoxy) is 1. The molecule has 0 N–H and O–H groups in total. The summed E-state index contributed by atoms with van der Waals surface area (Å²) < 4.78 is 8.41. The van der Waals surface area contributed by atoms with Crippen molar-refractivity contribution in [3.8, 4) is 17.5 Å². The van der Waals surface area contributed by atoms with Crippen LogP contribution in [0, 0.1) is 6.20 Å². The van der Waals surface area contributed by atoms with Crippen molar-refractivity contribution in [1.29, 1.82) is 0 Å². The quantitative estimate of drug-likeness (QED) is 0.532. The zero-order valence-electron chi connectivity index (χ0n) is 12.4. The normalized spacial score (nSPS) is 10.3. The molecule has 3 rings (SSSR count). The maximum atomic E-state index is 5.06. The number of hydrogen-bond acceptors (Lipinski definition) is 4. The zero-order valence-corrected chi connectivity index (χ0v) is 14.8. The largest absolute Gasteiger partial charge is 0.536 e. The van der Waals surface area contributed by atoms with Crippen LogP contribution in [0.15, 0.2) is 36.4 Å². The van der Waals surface area contributed by atoms with Crippen LogP contribution >= 0.6 is 0 Å². The predicted octanol–water partition coefficient (Wildman–Crippen LogP) is 2.21. The summed E-state index contributed by atoms with van der Waals surface area (Å²) in [6.45, 7) is 2.12. The molecule has 0 aliphatic heterocycles. The monoisotopic (exact) mass is 475 g/mol. The van der Waals surface area contributed by atoms with Crippen LogP contribution in [0.3, 0.4) is 0 Å². The molecule has 2 aromatic heterocycles. The summed E-state index contributed by atoms with van der Waals surface area (Å²) in [6.07, 6.45) is 4.79. The second kappa shape index (κ2) is 7.33. The molecule has 0 saturated heterocycles. The summed E-state index contributed by atoms with van der Waals surface area (Å²) in [4.78, 5) is 4.56. The molecule has 0 amide bonds. The average molecular weight is 475 g/mol. The van der Waals surface area contributed by atoms with Crippen LogP contribution < -0.4 is 4.74 Å². The minimum Gasteiger partial charge on any atom is -0.536 e. The molecule has 1 radical (unpaired) electrons. The van der Waals surface area contributed by atoms with E-state index in [1.54, 1.807) is 13.2 Å². The maximum absolute atomic E-state index is 5.06. The van der Waals surface area contributed by atoms with Crippen molar-refractivity contribution in [2.45, 2.75) is 19.8 Å². The number of methoxy groups -OCH3 is 1. The number of benzene rings is 1. The predicted molar refractivity (Wildman–Crippen MR) is 77.9 cm³/mol. The third-order valence-corrected chi connectivity index (χ3v) is 3.04. The van der Waals surface area contributed by atoms with Crippen molar-refractivity contribution in [2.24, 2.45) is 0 Å². The molecule has 0 saturated carbocycles. The van der Waals surface area contributed by atoms with Gasteiger partial charge in [0.05, 0.1) is 12.8 Å². The second-order valence-electron chi connectivity index (χ2n) is 4.55. The topological polar surface area (TPSA) is 57.8 Å². The fraction of sp³-hybridized carbons (Fsp3) is 0.267. The third kappa shape index (κ3) is 3.26. The summed E-state index contributed by atoms with van der Waals surface area (Å²) in [5.41, 5.74) is 0.985. The smallest absolute Gasteiger partial charge is 0.166 e. The van der Waals surface area contributed by atoms with Gasteiger partial charge in [-0.2, -0.15) is 5.10 Å². The van der Waals surface area contributed by atoms with Gasteiger partial charge in [0.1, 0.15) is 11.7 Å². The van der Waals surface area contributed by atoms with Crippen molar-refractivity contribution in [3.63, 3.8) is 0 Å². The van der Waals surface area contributed by atoms with Gasteiger partial charge in [-0.25, -0.2) is 9.78 Å². The van der Waals surface area contributed by atoms with E-state index in [0.29, 0.717) is 11.8 Å². The molecule has 3 aromatic rings. The Morgan fingerprint density at radius 3 is 2.59 bits per heavy atom. The van der Waals surface area contributed by atoms with E-state index in [1.807, 2.05) is 35.0 Å². The molecule has 0 atom stereocenters. The summed E-state index contributed by atoms with van der Waals surface area (Å²) in [6, 6.07) is 11.6. The van der Waals surface area contributed by atoms with Crippen molar-refractivity contribution in [1.82, 2.24) is 24.5 Å². The molecule has 117 valence electrons. The molecule has 2 heterocycles. The summed E-state index contributed by atoms with van der Waals surface area (Å²) in [7, 11) is 1.57. The second-order valence-corrected chi connectivity index (χ2v) is 4.55. The van der Waals surface area contributed by atoms with Gasteiger partial charge in [0.15, 0.2) is 5.95 Å². The summed E-state index contributed by atoms with van der Waals surface area (Å²) >= 11 is 0. The van der Waals surface area contributed by atoms with Gasteiger partial charge >= 0.3 is 0 Å². The number of hydrogen-bond donors (Lipinski definition) is 0. The van der Waals surface area contributed by atoms with Gasteiger partial charge in [0.2, 0.25) is 0 Å². The van der Waals surface area contributed by atoms with E-state index in [1.165, 1.54) is 4.68 Å². The Kier molecular flexibility index (Phi) is 5.46. The van der Waals surface area contributed by atoms with Gasteiger partial charge in [-0.1, -0.05) is 37.4 Å². The molecule has 0 bridgehead atoms. The number of rotatable bonds is 5. The minimum atomic E-state index is 0. The molecule has 0 spiro atoms. The van der Waals surface area contributed by atoms with E-state index in [-0.39, 0.29) is 20.1 Å². The zero-order chi connectivity index (χ0) is 14.7. The number of para-hydroxylation sites is 1. The van der Waals surface area contributed by atoms with Crippen molar-refractivity contribution < 1.29 is 24.8 Å². The molecule has 0 unspecified atom stereocenters. The number of nitrogens with zero attached hydrogens (tertiary/aromatic N) is 5. The molecule has 0 aliphatic rings. The van der Waals surface area contributed by atoms with E-state index >= 15 is 0 Å². The van der Waals surface area contributed by atoms with Crippen LogP contribution in [0.4, 0.5) is 0 Å². The van der Waals surface area contributed by atoms with Crippen molar-refractivity contribution in [3.05, 3.63) is 48.4 Å². The average Bonchev–Trinajstić information content (AvgIpc) is 3.15. The third-order valence-electron chi connectivity index (χ3n) is 3.04. The Hall–Kier alpha value is -1.98. The van der Waals surface area contributed by atoms with Gasteiger partial charge in [-0.15, -0.1) is 0 Å².